The van der Waals surface area contributed by atoms with E-state index in [0.29, 0.717) is 31.1 Å². The summed E-state index contributed by atoms with van der Waals surface area (Å²) in [5, 5.41) is 11.0. The van der Waals surface area contributed by atoms with Gasteiger partial charge in [0.1, 0.15) is 6.10 Å². The van der Waals surface area contributed by atoms with E-state index in [9.17, 15) is 9.90 Å². The molecule has 1 N–H and O–H groups in total. The Kier molecular flexibility index (Phi) is 8.67. The van der Waals surface area contributed by atoms with Crippen LogP contribution >= 0.6 is 15.9 Å². The van der Waals surface area contributed by atoms with Crippen molar-refractivity contribution in [1.82, 2.24) is 0 Å². The first kappa shape index (κ1) is 27.4. The second-order valence-electron chi connectivity index (χ2n) is 11.5. The van der Waals surface area contributed by atoms with Crippen molar-refractivity contribution >= 4 is 21.9 Å². The number of ether oxygens (including phenoxy) is 3. The van der Waals surface area contributed by atoms with Crippen LogP contribution in [0.3, 0.4) is 0 Å². The van der Waals surface area contributed by atoms with Crippen molar-refractivity contribution < 1.29 is 24.1 Å². The molecule has 2 saturated carbocycles. The summed E-state index contributed by atoms with van der Waals surface area (Å²) in [6.45, 7) is 9.70. The summed E-state index contributed by atoms with van der Waals surface area (Å²) in [5.74, 6) is 5.87. The first-order valence-electron chi connectivity index (χ1n) is 13.2. The number of rotatable bonds is 6. The maximum Gasteiger partial charge on any atom is 0.338 e. The molecule has 0 unspecified atom stereocenters. The van der Waals surface area contributed by atoms with E-state index in [1.807, 2.05) is 32.0 Å². The Hall–Kier alpha value is -1.65. The Balaban J connectivity index is 1.53. The molecule has 6 atom stereocenters. The molecule has 0 radical (unpaired) electrons. The molecule has 36 heavy (non-hydrogen) atoms. The van der Waals surface area contributed by atoms with Gasteiger partial charge in [-0.15, -0.1) is 11.8 Å². The third kappa shape index (κ3) is 6.25. The van der Waals surface area contributed by atoms with Gasteiger partial charge < -0.3 is 19.3 Å². The van der Waals surface area contributed by atoms with E-state index in [2.05, 4.69) is 47.7 Å². The molecule has 0 amide bonds. The average Bonchev–Trinajstić information content (AvgIpc) is 3.36. The van der Waals surface area contributed by atoms with E-state index in [-0.39, 0.29) is 35.2 Å². The SMILES string of the molecule is CCC#CC[C@H](C)[C@H](O)/C(Br)=C/[C@@H]1[C@H]2CC3(C[C@H]2C[C@H]1OC(=O)c1ccccc1)OCC(C)(C)CO3. The van der Waals surface area contributed by atoms with Crippen LogP contribution in [-0.4, -0.2) is 42.3 Å². The molecule has 1 aliphatic heterocycles. The van der Waals surface area contributed by atoms with Crippen LogP contribution in [0.2, 0.25) is 0 Å². The van der Waals surface area contributed by atoms with Crippen LogP contribution in [0.1, 0.15) is 70.2 Å². The van der Waals surface area contributed by atoms with Gasteiger partial charge in [-0.2, -0.15) is 0 Å². The summed E-state index contributed by atoms with van der Waals surface area (Å²) >= 11 is 3.66. The van der Waals surface area contributed by atoms with Crippen molar-refractivity contribution in [3.05, 3.63) is 46.5 Å². The number of fused-ring (bicyclic) bond motifs is 1. The van der Waals surface area contributed by atoms with Gasteiger partial charge in [0.2, 0.25) is 0 Å². The Morgan fingerprint density at radius 1 is 1.22 bits per heavy atom. The third-order valence-electron chi connectivity index (χ3n) is 7.80. The van der Waals surface area contributed by atoms with Gasteiger partial charge in [-0.25, -0.2) is 4.79 Å². The molecular formula is C30H39BrO5. The molecule has 1 aromatic rings. The smallest absolute Gasteiger partial charge is 0.338 e. The molecule has 1 aromatic carbocycles. The van der Waals surface area contributed by atoms with E-state index in [4.69, 9.17) is 14.2 Å². The van der Waals surface area contributed by atoms with Crippen LogP contribution in [0.15, 0.2) is 40.9 Å². The highest BCUT2D eigenvalue weighted by Crippen LogP contribution is 2.56. The van der Waals surface area contributed by atoms with E-state index >= 15 is 0 Å². The Labute approximate surface area is 224 Å². The molecule has 0 aromatic heterocycles. The first-order chi connectivity index (χ1) is 17.1. The van der Waals surface area contributed by atoms with Crippen LogP contribution in [-0.2, 0) is 14.2 Å². The number of aliphatic hydroxyl groups excluding tert-OH is 1. The van der Waals surface area contributed by atoms with Gasteiger partial charge in [-0.3, -0.25) is 0 Å². The topological polar surface area (TPSA) is 65.0 Å². The Morgan fingerprint density at radius 3 is 2.58 bits per heavy atom. The van der Waals surface area contributed by atoms with Gasteiger partial charge in [0, 0.05) is 41.5 Å². The molecule has 3 fully saturated rings. The fourth-order valence-corrected chi connectivity index (χ4v) is 6.49. The van der Waals surface area contributed by atoms with Gasteiger partial charge in [0.05, 0.1) is 24.9 Å². The minimum absolute atomic E-state index is 0.0138. The molecule has 2 aliphatic carbocycles. The number of halogens is 1. The largest absolute Gasteiger partial charge is 0.458 e. The number of aliphatic hydroxyl groups is 1. The molecule has 0 bridgehead atoms. The fraction of sp³-hybridized carbons (Fsp3) is 0.633. The molecule has 6 heteroatoms. The lowest BCUT2D eigenvalue weighted by Gasteiger charge is -2.42. The van der Waals surface area contributed by atoms with Gasteiger partial charge in [-0.05, 0) is 36.3 Å². The first-order valence-corrected chi connectivity index (χ1v) is 14.0. The molecule has 1 saturated heterocycles. The quantitative estimate of drug-likeness (QED) is 0.337. The minimum Gasteiger partial charge on any atom is -0.458 e. The molecule has 1 spiro atoms. The summed E-state index contributed by atoms with van der Waals surface area (Å²) in [4.78, 5) is 12.9. The number of esters is 1. The second-order valence-corrected chi connectivity index (χ2v) is 12.4. The zero-order chi connectivity index (χ0) is 25.9. The summed E-state index contributed by atoms with van der Waals surface area (Å²) in [5.41, 5.74) is 0.567. The molecule has 196 valence electrons. The standard InChI is InChI=1S/C30H39BrO5/c1-5-6-8-11-20(2)27(32)25(31)15-23-24-17-30(34-18-29(3,4)19-35-30)16-22(24)14-26(23)36-28(33)21-12-9-7-10-13-21/h7,9-10,12-13,15,20,22-24,26-27,32H,5,11,14,16-19H2,1-4H3/b25-15-/t20-,22+,23+,24-,26+,27-/m0/s1. The summed E-state index contributed by atoms with van der Waals surface area (Å²) < 4.78 is 19.5. The maximum atomic E-state index is 12.9. The molecule has 5 nitrogen and oxygen atoms in total. The summed E-state index contributed by atoms with van der Waals surface area (Å²) in [6.07, 6.45) is 4.91. The summed E-state index contributed by atoms with van der Waals surface area (Å²) in [6, 6.07) is 9.13. The van der Waals surface area contributed by atoms with Crippen LogP contribution in [0.25, 0.3) is 0 Å². The number of hydrogen-bond acceptors (Lipinski definition) is 5. The van der Waals surface area contributed by atoms with E-state index in [1.54, 1.807) is 12.1 Å². The highest BCUT2D eigenvalue weighted by molar-refractivity contribution is 9.11. The fourth-order valence-electron chi connectivity index (χ4n) is 5.73. The lowest BCUT2D eigenvalue weighted by atomic mass is 9.89. The molecule has 4 rings (SSSR count). The molecule has 3 aliphatic rings. The zero-order valence-corrected chi connectivity index (χ0v) is 23.4. The van der Waals surface area contributed by atoms with Crippen LogP contribution in [0.5, 0.6) is 0 Å². The van der Waals surface area contributed by atoms with Gasteiger partial charge in [0.15, 0.2) is 5.79 Å². The number of hydrogen-bond donors (Lipinski definition) is 1. The van der Waals surface area contributed by atoms with Gasteiger partial charge >= 0.3 is 5.97 Å². The van der Waals surface area contributed by atoms with Crippen molar-refractivity contribution in [1.29, 1.82) is 0 Å². The van der Waals surface area contributed by atoms with Crippen molar-refractivity contribution in [3.63, 3.8) is 0 Å². The molecular weight excluding hydrogens is 520 g/mol. The third-order valence-corrected chi connectivity index (χ3v) is 8.54. The highest BCUT2D eigenvalue weighted by Gasteiger charge is 2.57. The van der Waals surface area contributed by atoms with Crippen molar-refractivity contribution in [2.45, 2.75) is 77.8 Å². The maximum absolute atomic E-state index is 12.9. The number of carbonyl (C=O) groups is 1. The normalized spacial score (nSPS) is 30.2. The van der Waals surface area contributed by atoms with E-state index in [0.717, 1.165) is 30.2 Å². The highest BCUT2D eigenvalue weighted by atomic mass is 79.9. The molecule has 1 heterocycles. The van der Waals surface area contributed by atoms with Crippen LogP contribution in [0, 0.1) is 40.9 Å². The zero-order valence-electron chi connectivity index (χ0n) is 21.8. The van der Waals surface area contributed by atoms with Crippen LogP contribution < -0.4 is 0 Å². The van der Waals surface area contributed by atoms with Crippen LogP contribution in [0.4, 0.5) is 0 Å². The second kappa shape index (κ2) is 11.4. The number of benzene rings is 1. The Bertz CT molecular complexity index is 997. The van der Waals surface area contributed by atoms with Crippen molar-refractivity contribution in [2.75, 3.05) is 13.2 Å². The minimum atomic E-state index is -0.668. The van der Waals surface area contributed by atoms with Crippen molar-refractivity contribution in [2.24, 2.45) is 29.1 Å². The predicted octanol–water partition coefficient (Wildman–Crippen LogP) is 6.11. The lowest BCUT2D eigenvalue weighted by Crippen LogP contribution is -2.46. The van der Waals surface area contributed by atoms with E-state index in [1.165, 1.54) is 0 Å². The predicted molar refractivity (Wildman–Crippen MR) is 143 cm³/mol. The number of carbonyl (C=O) groups excluding carboxylic acids is 1. The lowest BCUT2D eigenvalue weighted by molar-refractivity contribution is -0.298. The average molecular weight is 560 g/mol. The Morgan fingerprint density at radius 2 is 1.92 bits per heavy atom. The van der Waals surface area contributed by atoms with Gasteiger partial charge in [-0.1, -0.05) is 67.9 Å². The summed E-state index contributed by atoms with van der Waals surface area (Å²) in [7, 11) is 0. The van der Waals surface area contributed by atoms with E-state index < -0.39 is 11.9 Å². The van der Waals surface area contributed by atoms with Crippen molar-refractivity contribution in [3.8, 4) is 11.8 Å². The monoisotopic (exact) mass is 558 g/mol. The van der Waals surface area contributed by atoms with Gasteiger partial charge in [0.25, 0.3) is 0 Å².